The number of nitrogens with zero attached hydrogens (tertiary/aromatic N) is 4. The zero-order chi connectivity index (χ0) is 17.5. The highest BCUT2D eigenvalue weighted by Gasteiger charge is 2.22. The van der Waals surface area contributed by atoms with Crippen molar-refractivity contribution >= 4 is 17.7 Å². The van der Waals surface area contributed by atoms with Gasteiger partial charge in [-0.1, -0.05) is 17.8 Å². The zero-order valence-electron chi connectivity index (χ0n) is 13.9. The molecule has 1 saturated heterocycles. The van der Waals surface area contributed by atoms with Crippen LogP contribution in [0.1, 0.15) is 12.8 Å². The van der Waals surface area contributed by atoms with Gasteiger partial charge in [0.1, 0.15) is 0 Å². The number of ether oxygens (including phenoxy) is 1. The topological polar surface area (TPSA) is 81.9 Å². The minimum absolute atomic E-state index is 0.0537. The van der Waals surface area contributed by atoms with E-state index in [0.29, 0.717) is 13.1 Å². The molecule has 2 aromatic rings. The molecule has 0 radical (unpaired) electrons. The molecule has 3 heterocycles. The lowest BCUT2D eigenvalue weighted by Gasteiger charge is -2.14. The molecule has 3 rings (SSSR count). The summed E-state index contributed by atoms with van der Waals surface area (Å²) < 4.78 is 7.80. The maximum absolute atomic E-state index is 11.8. The molecular weight excluding hydrogens is 338 g/mol. The maximum atomic E-state index is 11.8. The molecule has 0 aromatic carbocycles. The van der Waals surface area contributed by atoms with Gasteiger partial charge in [-0.15, -0.1) is 16.8 Å². The Balaban J connectivity index is 1.78. The number of carbonyl (C=O) groups is 1. The van der Waals surface area contributed by atoms with Crippen LogP contribution in [0.2, 0.25) is 0 Å². The van der Waals surface area contributed by atoms with Gasteiger partial charge in [0.05, 0.1) is 18.4 Å². The predicted octanol–water partition coefficient (Wildman–Crippen LogP) is 1.91. The van der Waals surface area contributed by atoms with E-state index in [1.54, 1.807) is 18.5 Å². The van der Waals surface area contributed by atoms with Crippen molar-refractivity contribution < 1.29 is 9.53 Å². The second-order valence-electron chi connectivity index (χ2n) is 5.67. The smallest absolute Gasteiger partial charge is 0.230 e. The first-order valence-electron chi connectivity index (χ1n) is 8.23. The molecule has 1 amide bonds. The Labute approximate surface area is 150 Å². The van der Waals surface area contributed by atoms with E-state index in [4.69, 9.17) is 4.74 Å². The van der Waals surface area contributed by atoms with E-state index in [-0.39, 0.29) is 17.8 Å². The fraction of sp³-hybridized carbons (Fsp3) is 0.412. The average molecular weight is 359 g/mol. The van der Waals surface area contributed by atoms with Gasteiger partial charge in [0.2, 0.25) is 5.91 Å². The molecule has 8 heteroatoms. The van der Waals surface area contributed by atoms with Crippen LogP contribution in [0, 0.1) is 0 Å². The summed E-state index contributed by atoms with van der Waals surface area (Å²) in [5.41, 5.74) is 0.948. The van der Waals surface area contributed by atoms with E-state index in [1.165, 1.54) is 11.8 Å². The van der Waals surface area contributed by atoms with Crippen molar-refractivity contribution in [3.63, 3.8) is 0 Å². The lowest BCUT2D eigenvalue weighted by molar-refractivity contribution is -0.118. The summed E-state index contributed by atoms with van der Waals surface area (Å²) in [6.45, 7) is 5.53. The zero-order valence-corrected chi connectivity index (χ0v) is 14.7. The van der Waals surface area contributed by atoms with E-state index in [0.717, 1.165) is 36.0 Å². The molecule has 0 aliphatic carbocycles. The van der Waals surface area contributed by atoms with Gasteiger partial charge in [0, 0.05) is 31.1 Å². The first kappa shape index (κ1) is 17.6. The summed E-state index contributed by atoms with van der Waals surface area (Å²) in [5, 5.41) is 12.1. The van der Waals surface area contributed by atoms with Crippen LogP contribution in [0.25, 0.3) is 11.4 Å². The second kappa shape index (κ2) is 8.77. The molecule has 25 heavy (non-hydrogen) atoms. The molecule has 0 spiro atoms. The van der Waals surface area contributed by atoms with Gasteiger partial charge in [-0.3, -0.25) is 14.3 Å². The molecule has 0 saturated carbocycles. The lowest BCUT2D eigenvalue weighted by atomic mass is 10.2. The number of rotatable bonds is 8. The van der Waals surface area contributed by atoms with Gasteiger partial charge < -0.3 is 10.1 Å². The van der Waals surface area contributed by atoms with Gasteiger partial charge in [-0.05, 0) is 25.0 Å². The van der Waals surface area contributed by atoms with Crippen molar-refractivity contribution in [3.05, 3.63) is 37.2 Å². The molecule has 1 atom stereocenters. The van der Waals surface area contributed by atoms with Crippen molar-refractivity contribution in [3.8, 4) is 11.4 Å². The number of hydrogen-bond acceptors (Lipinski definition) is 6. The number of thioether (sulfide) groups is 1. The molecule has 132 valence electrons. The van der Waals surface area contributed by atoms with Gasteiger partial charge >= 0.3 is 0 Å². The number of amides is 1. The van der Waals surface area contributed by atoms with Crippen LogP contribution < -0.4 is 5.32 Å². The Morgan fingerprint density at radius 2 is 2.28 bits per heavy atom. The van der Waals surface area contributed by atoms with Crippen LogP contribution in [0.3, 0.4) is 0 Å². The Kier molecular flexibility index (Phi) is 6.19. The third kappa shape index (κ3) is 4.67. The summed E-state index contributed by atoms with van der Waals surface area (Å²) >= 11 is 1.38. The van der Waals surface area contributed by atoms with E-state index in [9.17, 15) is 4.79 Å². The molecule has 1 aliphatic rings. The summed E-state index contributed by atoms with van der Waals surface area (Å²) in [4.78, 5) is 15.9. The number of aromatic nitrogens is 4. The monoisotopic (exact) mass is 359 g/mol. The summed E-state index contributed by atoms with van der Waals surface area (Å²) in [5.74, 6) is 1.00. The molecule has 2 aromatic heterocycles. The second-order valence-corrected chi connectivity index (χ2v) is 6.61. The van der Waals surface area contributed by atoms with Crippen LogP contribution in [0.15, 0.2) is 42.3 Å². The Morgan fingerprint density at radius 3 is 3.00 bits per heavy atom. The first-order chi connectivity index (χ1) is 12.3. The van der Waals surface area contributed by atoms with Gasteiger partial charge in [0.25, 0.3) is 0 Å². The molecular formula is C17H21N5O2S. The lowest BCUT2D eigenvalue weighted by Crippen LogP contribution is -2.25. The van der Waals surface area contributed by atoms with Crippen LogP contribution in [-0.4, -0.2) is 50.7 Å². The van der Waals surface area contributed by atoms with Crippen LogP contribution in [0.5, 0.6) is 0 Å². The van der Waals surface area contributed by atoms with Gasteiger partial charge in [0.15, 0.2) is 11.0 Å². The normalized spacial score (nSPS) is 16.7. The van der Waals surface area contributed by atoms with Crippen molar-refractivity contribution in [1.29, 1.82) is 0 Å². The minimum atomic E-state index is -0.0537. The summed E-state index contributed by atoms with van der Waals surface area (Å²) in [7, 11) is 0. The van der Waals surface area contributed by atoms with E-state index in [1.807, 2.05) is 16.7 Å². The number of pyridine rings is 1. The standard InChI is InChI=1S/C17H21N5O2S/c1-2-7-19-15(23)12-25-17-21-20-16(13-5-8-18-9-6-13)22(17)11-14-4-3-10-24-14/h2,5-6,8-9,14H,1,3-4,7,10-12H2,(H,19,23)/t14-/m1/s1. The van der Waals surface area contributed by atoms with Crippen LogP contribution >= 0.6 is 11.8 Å². The minimum Gasteiger partial charge on any atom is -0.376 e. The fourth-order valence-electron chi connectivity index (χ4n) is 2.63. The highest BCUT2D eigenvalue weighted by atomic mass is 32.2. The van der Waals surface area contributed by atoms with Crippen LogP contribution in [-0.2, 0) is 16.1 Å². The highest BCUT2D eigenvalue weighted by Crippen LogP contribution is 2.26. The highest BCUT2D eigenvalue weighted by molar-refractivity contribution is 7.99. The Bertz CT molecular complexity index is 713. The molecule has 1 fully saturated rings. The number of nitrogens with one attached hydrogen (secondary N) is 1. The Morgan fingerprint density at radius 1 is 1.44 bits per heavy atom. The van der Waals surface area contributed by atoms with Crippen molar-refractivity contribution in [1.82, 2.24) is 25.1 Å². The van der Waals surface area contributed by atoms with E-state index in [2.05, 4.69) is 27.1 Å². The molecule has 0 bridgehead atoms. The fourth-order valence-corrected chi connectivity index (χ4v) is 3.41. The third-order valence-corrected chi connectivity index (χ3v) is 4.81. The molecule has 0 unspecified atom stereocenters. The first-order valence-corrected chi connectivity index (χ1v) is 9.22. The maximum Gasteiger partial charge on any atom is 0.230 e. The van der Waals surface area contributed by atoms with Gasteiger partial charge in [-0.25, -0.2) is 0 Å². The third-order valence-electron chi connectivity index (χ3n) is 3.84. The van der Waals surface area contributed by atoms with Gasteiger partial charge in [-0.2, -0.15) is 0 Å². The van der Waals surface area contributed by atoms with E-state index >= 15 is 0 Å². The SMILES string of the molecule is C=CCNC(=O)CSc1nnc(-c2ccncc2)n1C[C@H]1CCCO1. The van der Waals surface area contributed by atoms with Crippen molar-refractivity contribution in [2.75, 3.05) is 18.9 Å². The van der Waals surface area contributed by atoms with Crippen LogP contribution in [0.4, 0.5) is 0 Å². The summed E-state index contributed by atoms with van der Waals surface area (Å²) in [6.07, 6.45) is 7.38. The average Bonchev–Trinajstić information content (AvgIpc) is 3.29. The van der Waals surface area contributed by atoms with Crippen molar-refractivity contribution in [2.24, 2.45) is 0 Å². The molecule has 7 nitrogen and oxygen atoms in total. The van der Waals surface area contributed by atoms with Crippen molar-refractivity contribution in [2.45, 2.75) is 30.6 Å². The predicted molar refractivity (Wildman–Crippen MR) is 96.2 cm³/mol. The Hall–Kier alpha value is -2.19. The quantitative estimate of drug-likeness (QED) is 0.573. The molecule has 1 aliphatic heterocycles. The number of carbonyl (C=O) groups excluding carboxylic acids is 1. The molecule has 1 N–H and O–H groups in total. The summed E-state index contributed by atoms with van der Waals surface area (Å²) in [6, 6.07) is 3.81. The largest absolute Gasteiger partial charge is 0.376 e. The van der Waals surface area contributed by atoms with E-state index < -0.39 is 0 Å². The number of hydrogen-bond donors (Lipinski definition) is 1.